The lowest BCUT2D eigenvalue weighted by Crippen LogP contribution is -2.49. The first-order chi connectivity index (χ1) is 7.99. The third-order valence-electron chi connectivity index (χ3n) is 3.19. The Balaban J connectivity index is 2.65. The summed E-state index contributed by atoms with van der Waals surface area (Å²) in [6.07, 6.45) is 3.28. The summed E-state index contributed by atoms with van der Waals surface area (Å²) in [5.41, 5.74) is 5.79. The molecule has 0 spiro atoms. The molecular formula is C11H20N2O3S. The van der Waals surface area contributed by atoms with E-state index in [1.54, 1.807) is 11.8 Å². The first kappa shape index (κ1) is 14.3. The standard InChI is InChI=1S/C11H20N2O3S/c1-7-3-5-13(9(7)11(15)16)10(14)8(12)4-6-17-2/h7-9H,3-6,12H2,1-2H3,(H,15,16)/t7?,8-,9?/m0/s1. The van der Waals surface area contributed by atoms with Crippen LogP contribution in [0, 0.1) is 5.92 Å². The maximum atomic E-state index is 12.0. The number of amides is 1. The second-order valence-electron chi connectivity index (χ2n) is 4.47. The minimum Gasteiger partial charge on any atom is -0.480 e. The van der Waals surface area contributed by atoms with E-state index in [1.165, 1.54) is 4.90 Å². The number of likely N-dealkylation sites (tertiary alicyclic amines) is 1. The van der Waals surface area contributed by atoms with Gasteiger partial charge >= 0.3 is 5.97 Å². The third kappa shape index (κ3) is 3.35. The molecular weight excluding hydrogens is 240 g/mol. The van der Waals surface area contributed by atoms with Crippen molar-refractivity contribution in [3.05, 3.63) is 0 Å². The number of hydrogen-bond donors (Lipinski definition) is 2. The topological polar surface area (TPSA) is 83.6 Å². The van der Waals surface area contributed by atoms with Crippen molar-refractivity contribution in [2.75, 3.05) is 18.6 Å². The van der Waals surface area contributed by atoms with Crippen LogP contribution in [-0.4, -0.2) is 52.5 Å². The first-order valence-corrected chi connectivity index (χ1v) is 7.16. The van der Waals surface area contributed by atoms with Gasteiger partial charge < -0.3 is 15.7 Å². The molecule has 3 N–H and O–H groups in total. The van der Waals surface area contributed by atoms with Crippen molar-refractivity contribution >= 4 is 23.6 Å². The van der Waals surface area contributed by atoms with Crippen molar-refractivity contribution in [3.8, 4) is 0 Å². The highest BCUT2D eigenvalue weighted by Crippen LogP contribution is 2.25. The van der Waals surface area contributed by atoms with E-state index in [1.807, 2.05) is 13.2 Å². The number of carbonyl (C=O) groups is 2. The summed E-state index contributed by atoms with van der Waals surface area (Å²) < 4.78 is 0. The SMILES string of the molecule is CSCC[C@H](N)C(=O)N1CCC(C)C1C(=O)O. The van der Waals surface area contributed by atoms with Crippen LogP contribution in [-0.2, 0) is 9.59 Å². The number of hydrogen-bond acceptors (Lipinski definition) is 4. The molecule has 1 aliphatic heterocycles. The monoisotopic (exact) mass is 260 g/mol. The van der Waals surface area contributed by atoms with Gasteiger partial charge in [0.15, 0.2) is 0 Å². The summed E-state index contributed by atoms with van der Waals surface area (Å²) in [7, 11) is 0. The molecule has 1 heterocycles. The van der Waals surface area contributed by atoms with E-state index in [-0.39, 0.29) is 11.8 Å². The molecule has 5 nitrogen and oxygen atoms in total. The number of thioether (sulfide) groups is 1. The second kappa shape index (κ2) is 6.26. The Bertz CT molecular complexity index is 298. The molecule has 1 rings (SSSR count). The molecule has 0 aliphatic carbocycles. The summed E-state index contributed by atoms with van der Waals surface area (Å²) >= 11 is 1.63. The number of carboxylic acids is 1. The molecule has 0 bridgehead atoms. The first-order valence-electron chi connectivity index (χ1n) is 5.76. The fourth-order valence-electron chi connectivity index (χ4n) is 2.15. The fourth-order valence-corrected chi connectivity index (χ4v) is 2.64. The van der Waals surface area contributed by atoms with Crippen molar-refractivity contribution in [1.82, 2.24) is 4.90 Å². The largest absolute Gasteiger partial charge is 0.480 e. The van der Waals surface area contributed by atoms with Crippen molar-refractivity contribution < 1.29 is 14.7 Å². The molecule has 2 unspecified atom stereocenters. The summed E-state index contributed by atoms with van der Waals surface area (Å²) in [5.74, 6) is -0.339. The quantitative estimate of drug-likeness (QED) is 0.747. The maximum Gasteiger partial charge on any atom is 0.326 e. The molecule has 6 heteroatoms. The molecule has 1 amide bonds. The number of nitrogens with zero attached hydrogens (tertiary/aromatic N) is 1. The minimum atomic E-state index is -0.930. The zero-order chi connectivity index (χ0) is 13.0. The van der Waals surface area contributed by atoms with Crippen molar-refractivity contribution in [3.63, 3.8) is 0 Å². The van der Waals surface area contributed by atoms with Crippen molar-refractivity contribution in [2.45, 2.75) is 31.8 Å². The molecule has 0 aromatic heterocycles. The van der Waals surface area contributed by atoms with Crippen molar-refractivity contribution in [1.29, 1.82) is 0 Å². The zero-order valence-electron chi connectivity index (χ0n) is 10.3. The van der Waals surface area contributed by atoms with Gasteiger partial charge in [-0.25, -0.2) is 4.79 Å². The van der Waals surface area contributed by atoms with E-state index in [0.29, 0.717) is 13.0 Å². The lowest BCUT2D eigenvalue weighted by Gasteiger charge is -2.26. The van der Waals surface area contributed by atoms with Gasteiger partial charge in [0.25, 0.3) is 0 Å². The van der Waals surface area contributed by atoms with Crippen LogP contribution in [0.5, 0.6) is 0 Å². The predicted octanol–water partition coefficient (Wildman–Crippen LogP) is 0.388. The molecule has 1 saturated heterocycles. The highest BCUT2D eigenvalue weighted by molar-refractivity contribution is 7.98. The smallest absolute Gasteiger partial charge is 0.326 e. The van der Waals surface area contributed by atoms with Gasteiger partial charge in [0.1, 0.15) is 6.04 Å². The highest BCUT2D eigenvalue weighted by atomic mass is 32.2. The molecule has 3 atom stereocenters. The number of carboxylic acid groups (broad SMARTS) is 1. The van der Waals surface area contributed by atoms with Gasteiger partial charge in [-0.3, -0.25) is 4.79 Å². The molecule has 0 radical (unpaired) electrons. The average Bonchev–Trinajstić information content (AvgIpc) is 2.66. The van der Waals surface area contributed by atoms with E-state index < -0.39 is 18.1 Å². The Hall–Kier alpha value is -0.750. The van der Waals surface area contributed by atoms with Gasteiger partial charge in [-0.15, -0.1) is 0 Å². The fraction of sp³-hybridized carbons (Fsp3) is 0.818. The molecule has 17 heavy (non-hydrogen) atoms. The molecule has 1 aliphatic rings. The maximum absolute atomic E-state index is 12.0. The molecule has 0 saturated carbocycles. The lowest BCUT2D eigenvalue weighted by atomic mass is 10.0. The Morgan fingerprint density at radius 1 is 1.59 bits per heavy atom. The third-order valence-corrected chi connectivity index (χ3v) is 3.83. The zero-order valence-corrected chi connectivity index (χ0v) is 11.1. The number of carbonyl (C=O) groups excluding carboxylic acids is 1. The van der Waals surface area contributed by atoms with E-state index in [9.17, 15) is 9.59 Å². The summed E-state index contributed by atoms with van der Waals surface area (Å²) in [4.78, 5) is 24.6. The van der Waals surface area contributed by atoms with E-state index in [4.69, 9.17) is 10.8 Å². The summed E-state index contributed by atoms with van der Waals surface area (Å²) in [5, 5.41) is 9.12. The van der Waals surface area contributed by atoms with Crippen LogP contribution in [0.15, 0.2) is 0 Å². The normalized spacial score (nSPS) is 25.9. The van der Waals surface area contributed by atoms with Gasteiger partial charge in [0.05, 0.1) is 6.04 Å². The number of aliphatic carboxylic acids is 1. The Morgan fingerprint density at radius 3 is 2.76 bits per heavy atom. The van der Waals surface area contributed by atoms with E-state index >= 15 is 0 Å². The Labute approximate surface area is 106 Å². The lowest BCUT2D eigenvalue weighted by molar-refractivity contribution is -0.149. The molecule has 0 aromatic rings. The molecule has 98 valence electrons. The van der Waals surface area contributed by atoms with Crippen LogP contribution in [0.4, 0.5) is 0 Å². The van der Waals surface area contributed by atoms with Gasteiger partial charge in [-0.05, 0) is 30.8 Å². The van der Waals surface area contributed by atoms with Crippen LogP contribution >= 0.6 is 11.8 Å². The van der Waals surface area contributed by atoms with Gasteiger partial charge in [0, 0.05) is 6.54 Å². The van der Waals surface area contributed by atoms with Crippen LogP contribution in [0.2, 0.25) is 0 Å². The van der Waals surface area contributed by atoms with Crippen LogP contribution in [0.25, 0.3) is 0 Å². The predicted molar refractivity (Wildman–Crippen MR) is 67.9 cm³/mol. The van der Waals surface area contributed by atoms with Crippen LogP contribution in [0.3, 0.4) is 0 Å². The van der Waals surface area contributed by atoms with E-state index in [2.05, 4.69) is 0 Å². The number of rotatable bonds is 5. The Morgan fingerprint density at radius 2 is 2.24 bits per heavy atom. The van der Waals surface area contributed by atoms with Crippen molar-refractivity contribution in [2.24, 2.45) is 11.7 Å². The minimum absolute atomic E-state index is 0.00389. The highest BCUT2D eigenvalue weighted by Gasteiger charge is 2.40. The van der Waals surface area contributed by atoms with E-state index in [0.717, 1.165) is 12.2 Å². The van der Waals surface area contributed by atoms with Gasteiger partial charge in [-0.1, -0.05) is 6.92 Å². The van der Waals surface area contributed by atoms with Gasteiger partial charge in [-0.2, -0.15) is 11.8 Å². The summed E-state index contributed by atoms with van der Waals surface area (Å²) in [6, 6.07) is -1.28. The molecule has 1 fully saturated rings. The van der Waals surface area contributed by atoms with Gasteiger partial charge in [0.2, 0.25) is 5.91 Å². The second-order valence-corrected chi connectivity index (χ2v) is 5.45. The Kier molecular flexibility index (Phi) is 5.27. The average molecular weight is 260 g/mol. The van der Waals surface area contributed by atoms with Crippen LogP contribution in [0.1, 0.15) is 19.8 Å². The number of nitrogens with two attached hydrogens (primary N) is 1. The van der Waals surface area contributed by atoms with Crippen LogP contribution < -0.4 is 5.73 Å². The summed E-state index contributed by atoms with van der Waals surface area (Å²) in [6.45, 7) is 2.36. The molecule has 0 aromatic carbocycles.